The largest absolute Gasteiger partial charge is 0.497 e. The van der Waals surface area contributed by atoms with Crippen LogP contribution < -0.4 is 14.8 Å². The highest BCUT2D eigenvalue weighted by Gasteiger charge is 2.14. The van der Waals surface area contributed by atoms with Gasteiger partial charge in [0.15, 0.2) is 0 Å². The summed E-state index contributed by atoms with van der Waals surface area (Å²) in [6.07, 6.45) is 0. The van der Waals surface area contributed by atoms with Crippen molar-refractivity contribution in [3.63, 3.8) is 0 Å². The molecule has 0 aliphatic carbocycles. The molecule has 1 aliphatic rings. The summed E-state index contributed by atoms with van der Waals surface area (Å²) in [6.45, 7) is 0.501. The van der Waals surface area contributed by atoms with E-state index in [2.05, 4.69) is 44.3 Å². The number of ether oxygens (including phenoxy) is 2. The van der Waals surface area contributed by atoms with Gasteiger partial charge in [-0.1, -0.05) is 12.1 Å². The van der Waals surface area contributed by atoms with Gasteiger partial charge in [0.1, 0.15) is 23.9 Å². The second kappa shape index (κ2) is 7.14. The summed E-state index contributed by atoms with van der Waals surface area (Å²) >= 11 is 1.70. The van der Waals surface area contributed by atoms with E-state index in [1.165, 1.54) is 4.70 Å². The van der Waals surface area contributed by atoms with Crippen LogP contribution in [-0.4, -0.2) is 31.5 Å². The summed E-state index contributed by atoms with van der Waals surface area (Å²) in [7, 11) is 3.27. The van der Waals surface area contributed by atoms with Gasteiger partial charge < -0.3 is 14.8 Å². The molecule has 0 bridgehead atoms. The number of fused-ring (bicyclic) bond motifs is 3. The Kier molecular flexibility index (Phi) is 4.33. The molecule has 1 N–H and O–H groups in total. The monoisotopic (exact) mass is 403 g/mol. The van der Waals surface area contributed by atoms with Crippen molar-refractivity contribution in [3.8, 4) is 11.5 Å². The maximum absolute atomic E-state index is 5.38. The molecule has 0 atom stereocenters. The molecule has 0 fully saturated rings. The van der Waals surface area contributed by atoms with Crippen LogP contribution in [0.15, 0.2) is 63.3 Å². The molecule has 0 saturated heterocycles. The second-order valence-corrected chi connectivity index (χ2v) is 7.43. The average molecular weight is 403 g/mol. The number of nitrogens with zero attached hydrogens (tertiary/aromatic N) is 4. The van der Waals surface area contributed by atoms with E-state index in [1.807, 2.05) is 24.3 Å². The predicted octanol–water partition coefficient (Wildman–Crippen LogP) is 5.38. The Morgan fingerprint density at radius 2 is 1.79 bits per heavy atom. The van der Waals surface area contributed by atoms with Gasteiger partial charge in [0.2, 0.25) is 0 Å². The fourth-order valence-electron chi connectivity index (χ4n) is 3.36. The highest BCUT2D eigenvalue weighted by atomic mass is 32.1. The quantitative estimate of drug-likeness (QED) is 0.485. The van der Waals surface area contributed by atoms with Crippen LogP contribution in [0.25, 0.3) is 21.0 Å². The molecule has 144 valence electrons. The molecule has 0 amide bonds. The third kappa shape index (κ3) is 3.17. The SMILES string of the molecule is COc1cc(Nc2nc3cc(C4=NN=NC4)ccc3c3sccc23)cc(OC)c1. The van der Waals surface area contributed by atoms with Crippen LogP contribution in [0.2, 0.25) is 0 Å². The van der Waals surface area contributed by atoms with Gasteiger partial charge in [0, 0.05) is 44.9 Å². The van der Waals surface area contributed by atoms with Crippen molar-refractivity contribution in [1.82, 2.24) is 4.98 Å². The van der Waals surface area contributed by atoms with Crippen LogP contribution in [0.4, 0.5) is 11.5 Å². The van der Waals surface area contributed by atoms with Gasteiger partial charge in [-0.3, -0.25) is 0 Å². The molecule has 0 saturated carbocycles. The summed E-state index contributed by atoms with van der Waals surface area (Å²) in [4.78, 5) is 4.91. The van der Waals surface area contributed by atoms with Crippen LogP contribution in [-0.2, 0) is 0 Å². The zero-order chi connectivity index (χ0) is 19.8. The number of benzene rings is 2. The van der Waals surface area contributed by atoms with Gasteiger partial charge in [-0.2, -0.15) is 5.11 Å². The minimum atomic E-state index is 0.501. The molecule has 29 heavy (non-hydrogen) atoms. The van der Waals surface area contributed by atoms with E-state index in [0.717, 1.165) is 39.1 Å². The smallest absolute Gasteiger partial charge is 0.139 e. The number of thiophene rings is 1. The summed E-state index contributed by atoms with van der Waals surface area (Å²) in [5.74, 6) is 2.20. The van der Waals surface area contributed by atoms with E-state index in [-0.39, 0.29) is 0 Å². The third-order valence-electron chi connectivity index (χ3n) is 4.79. The number of aromatic nitrogens is 1. The van der Waals surface area contributed by atoms with E-state index < -0.39 is 0 Å². The molecule has 0 spiro atoms. The molecule has 3 heterocycles. The number of hydrogen-bond donors (Lipinski definition) is 1. The fraction of sp³-hybridized carbons (Fsp3) is 0.143. The lowest BCUT2D eigenvalue weighted by atomic mass is 10.1. The highest BCUT2D eigenvalue weighted by Crippen LogP contribution is 2.36. The first kappa shape index (κ1) is 17.6. The normalized spacial score (nSPS) is 13.1. The first-order valence-corrected chi connectivity index (χ1v) is 9.88. The van der Waals surface area contributed by atoms with E-state index in [4.69, 9.17) is 14.5 Å². The van der Waals surface area contributed by atoms with Crippen molar-refractivity contribution in [1.29, 1.82) is 0 Å². The number of hydrogen-bond acceptors (Lipinski definition) is 8. The summed E-state index contributed by atoms with van der Waals surface area (Å²) in [6, 6.07) is 13.9. The van der Waals surface area contributed by atoms with Gasteiger partial charge in [-0.25, -0.2) is 4.98 Å². The number of anilines is 2. The van der Waals surface area contributed by atoms with E-state index in [1.54, 1.807) is 25.6 Å². The highest BCUT2D eigenvalue weighted by molar-refractivity contribution is 7.18. The van der Waals surface area contributed by atoms with E-state index >= 15 is 0 Å². The molecule has 2 aromatic carbocycles. The molecular formula is C21H17N5O2S. The Bertz CT molecular complexity index is 1270. The van der Waals surface area contributed by atoms with Crippen LogP contribution >= 0.6 is 11.3 Å². The third-order valence-corrected chi connectivity index (χ3v) is 5.74. The molecule has 4 aromatic rings. The van der Waals surface area contributed by atoms with E-state index in [9.17, 15) is 0 Å². The lowest BCUT2D eigenvalue weighted by Gasteiger charge is -2.12. The first-order valence-electron chi connectivity index (χ1n) is 9.00. The van der Waals surface area contributed by atoms with E-state index in [0.29, 0.717) is 18.0 Å². The zero-order valence-electron chi connectivity index (χ0n) is 15.8. The Hall–Kier alpha value is -3.52. The predicted molar refractivity (Wildman–Crippen MR) is 116 cm³/mol. The van der Waals surface area contributed by atoms with Crippen molar-refractivity contribution < 1.29 is 9.47 Å². The van der Waals surface area contributed by atoms with Gasteiger partial charge in [-0.15, -0.1) is 16.4 Å². The van der Waals surface area contributed by atoms with Crippen LogP contribution in [0.3, 0.4) is 0 Å². The Labute approximate surface area is 170 Å². The Morgan fingerprint density at radius 3 is 2.52 bits per heavy atom. The minimum Gasteiger partial charge on any atom is -0.497 e. The molecule has 1 aliphatic heterocycles. The maximum atomic E-state index is 5.38. The zero-order valence-corrected chi connectivity index (χ0v) is 16.7. The minimum absolute atomic E-state index is 0.501. The van der Waals surface area contributed by atoms with Crippen LogP contribution in [0.5, 0.6) is 11.5 Å². The summed E-state index contributed by atoms with van der Waals surface area (Å²) < 4.78 is 11.9. The van der Waals surface area contributed by atoms with Gasteiger partial charge in [-0.05, 0) is 22.7 Å². The fourth-order valence-corrected chi connectivity index (χ4v) is 4.29. The van der Waals surface area contributed by atoms with Gasteiger partial charge in [0.25, 0.3) is 0 Å². The summed E-state index contributed by atoms with van der Waals surface area (Å²) in [5, 5.41) is 19.5. The van der Waals surface area contributed by atoms with Crippen molar-refractivity contribution in [2.75, 3.05) is 26.1 Å². The van der Waals surface area contributed by atoms with Crippen molar-refractivity contribution in [3.05, 3.63) is 53.4 Å². The number of nitrogens with one attached hydrogen (secondary N) is 1. The van der Waals surface area contributed by atoms with Crippen molar-refractivity contribution >= 4 is 49.5 Å². The maximum Gasteiger partial charge on any atom is 0.139 e. The average Bonchev–Trinajstić information content (AvgIpc) is 3.45. The Morgan fingerprint density at radius 1 is 0.966 bits per heavy atom. The van der Waals surface area contributed by atoms with Crippen LogP contribution in [0, 0.1) is 0 Å². The van der Waals surface area contributed by atoms with Crippen molar-refractivity contribution in [2.24, 2.45) is 15.4 Å². The second-order valence-electron chi connectivity index (χ2n) is 6.52. The molecular weight excluding hydrogens is 386 g/mol. The molecule has 8 heteroatoms. The molecule has 7 nitrogen and oxygen atoms in total. The summed E-state index contributed by atoms with van der Waals surface area (Å²) in [5.41, 5.74) is 3.57. The van der Waals surface area contributed by atoms with Crippen molar-refractivity contribution in [2.45, 2.75) is 0 Å². The molecule has 5 rings (SSSR count). The lowest BCUT2D eigenvalue weighted by Crippen LogP contribution is -2.02. The lowest BCUT2D eigenvalue weighted by molar-refractivity contribution is 0.395. The number of methoxy groups -OCH3 is 2. The van der Waals surface area contributed by atoms with Gasteiger partial charge in [0.05, 0.1) is 25.4 Å². The van der Waals surface area contributed by atoms with Crippen LogP contribution in [0.1, 0.15) is 5.56 Å². The molecule has 0 radical (unpaired) electrons. The number of pyridine rings is 1. The molecule has 0 unspecified atom stereocenters. The standard InChI is InChI=1S/C21H17N5O2S/c1-27-14-8-13(9-15(10-14)28-2)23-21-17-5-6-29-20(17)16-4-3-12(7-18(16)24-21)19-11-22-26-25-19/h3-10H,11H2,1-2H3,(H,23,24). The van der Waals surface area contributed by atoms with Gasteiger partial charge >= 0.3 is 0 Å². The first-order chi connectivity index (χ1) is 14.2. The Balaban J connectivity index is 1.63. The molecule has 2 aromatic heterocycles. The number of rotatable bonds is 5. The topological polar surface area (TPSA) is 80.5 Å².